The lowest BCUT2D eigenvalue weighted by atomic mass is 9.93. The molecule has 0 saturated heterocycles. The number of imidazole rings is 1. The molecule has 0 bridgehead atoms. The molecule has 0 aliphatic carbocycles. The highest BCUT2D eigenvalue weighted by Gasteiger charge is 2.17. The standard InChI is InChI=1S/C14H19N3O/c1-14(2,3)12-8-16-13(17-12)9-5-6-10(15)11(7-9)18-4/h5-8H,15H2,1-4H3,(H,16,17). The van der Waals surface area contributed by atoms with Crippen molar-refractivity contribution in [2.24, 2.45) is 0 Å². The van der Waals surface area contributed by atoms with Gasteiger partial charge in [0.05, 0.1) is 12.8 Å². The molecular weight excluding hydrogens is 226 g/mol. The first kappa shape index (κ1) is 12.5. The van der Waals surface area contributed by atoms with Crippen molar-refractivity contribution in [3.8, 4) is 17.1 Å². The second kappa shape index (κ2) is 4.37. The van der Waals surface area contributed by atoms with Gasteiger partial charge in [0.15, 0.2) is 0 Å². The number of rotatable bonds is 2. The lowest BCUT2D eigenvalue weighted by Gasteiger charge is -2.15. The van der Waals surface area contributed by atoms with E-state index in [0.717, 1.165) is 17.1 Å². The maximum Gasteiger partial charge on any atom is 0.142 e. The minimum Gasteiger partial charge on any atom is -0.495 e. The summed E-state index contributed by atoms with van der Waals surface area (Å²) in [6, 6.07) is 5.65. The average Bonchev–Trinajstić information content (AvgIpc) is 2.78. The van der Waals surface area contributed by atoms with Crippen molar-refractivity contribution in [3.63, 3.8) is 0 Å². The van der Waals surface area contributed by atoms with Gasteiger partial charge in [0.25, 0.3) is 0 Å². The molecule has 2 aromatic rings. The van der Waals surface area contributed by atoms with Crippen LogP contribution in [0.25, 0.3) is 11.4 Å². The summed E-state index contributed by atoms with van der Waals surface area (Å²) < 4.78 is 5.21. The zero-order valence-electron chi connectivity index (χ0n) is 11.2. The number of ether oxygens (including phenoxy) is 1. The molecule has 2 rings (SSSR count). The number of benzene rings is 1. The predicted molar refractivity (Wildman–Crippen MR) is 73.7 cm³/mol. The SMILES string of the molecule is COc1cc(-c2ncc(C(C)(C)C)[nH]2)ccc1N. The number of methoxy groups -OCH3 is 1. The van der Waals surface area contributed by atoms with E-state index in [9.17, 15) is 0 Å². The van der Waals surface area contributed by atoms with Crippen LogP contribution in [0.2, 0.25) is 0 Å². The Hall–Kier alpha value is -1.97. The molecule has 1 heterocycles. The molecule has 1 aromatic carbocycles. The molecule has 0 fully saturated rings. The van der Waals surface area contributed by atoms with Crippen LogP contribution in [0.3, 0.4) is 0 Å². The number of anilines is 1. The Morgan fingerprint density at radius 3 is 2.56 bits per heavy atom. The summed E-state index contributed by atoms with van der Waals surface area (Å²) in [6.45, 7) is 6.44. The van der Waals surface area contributed by atoms with Crippen LogP contribution in [0.1, 0.15) is 26.5 Å². The van der Waals surface area contributed by atoms with Crippen molar-refractivity contribution in [3.05, 3.63) is 30.1 Å². The van der Waals surface area contributed by atoms with Gasteiger partial charge < -0.3 is 15.5 Å². The van der Waals surface area contributed by atoms with Crippen LogP contribution in [-0.4, -0.2) is 17.1 Å². The Bertz CT molecular complexity index is 552. The number of nitrogens with one attached hydrogen (secondary N) is 1. The van der Waals surface area contributed by atoms with E-state index < -0.39 is 0 Å². The Morgan fingerprint density at radius 2 is 2.00 bits per heavy atom. The molecule has 0 atom stereocenters. The quantitative estimate of drug-likeness (QED) is 0.799. The van der Waals surface area contributed by atoms with Crippen LogP contribution < -0.4 is 10.5 Å². The maximum absolute atomic E-state index is 5.80. The van der Waals surface area contributed by atoms with E-state index in [1.54, 1.807) is 7.11 Å². The molecular formula is C14H19N3O. The summed E-state index contributed by atoms with van der Waals surface area (Å²) in [5, 5.41) is 0. The van der Waals surface area contributed by atoms with Crippen LogP contribution in [0.4, 0.5) is 5.69 Å². The van der Waals surface area contributed by atoms with Crippen molar-refractivity contribution in [2.45, 2.75) is 26.2 Å². The molecule has 0 amide bonds. The second-order valence-corrected chi connectivity index (χ2v) is 5.35. The van der Waals surface area contributed by atoms with E-state index in [-0.39, 0.29) is 5.41 Å². The Labute approximate surface area is 107 Å². The van der Waals surface area contributed by atoms with Gasteiger partial charge in [-0.15, -0.1) is 0 Å². The molecule has 0 unspecified atom stereocenters. The number of aromatic nitrogens is 2. The smallest absolute Gasteiger partial charge is 0.142 e. The fourth-order valence-electron chi connectivity index (χ4n) is 1.71. The fourth-order valence-corrected chi connectivity index (χ4v) is 1.71. The Balaban J connectivity index is 2.40. The van der Waals surface area contributed by atoms with Crippen molar-refractivity contribution in [2.75, 3.05) is 12.8 Å². The molecule has 4 nitrogen and oxygen atoms in total. The number of nitrogen functional groups attached to an aromatic ring is 1. The highest BCUT2D eigenvalue weighted by atomic mass is 16.5. The van der Waals surface area contributed by atoms with Gasteiger partial charge in [-0.2, -0.15) is 0 Å². The van der Waals surface area contributed by atoms with Crippen molar-refractivity contribution in [1.29, 1.82) is 0 Å². The van der Waals surface area contributed by atoms with Gasteiger partial charge in [0.1, 0.15) is 11.6 Å². The highest BCUT2D eigenvalue weighted by Crippen LogP contribution is 2.29. The molecule has 1 aromatic heterocycles. The van der Waals surface area contributed by atoms with Gasteiger partial charge in [-0.05, 0) is 18.2 Å². The normalized spacial score (nSPS) is 11.6. The third-order valence-corrected chi connectivity index (χ3v) is 2.89. The first-order chi connectivity index (χ1) is 8.41. The third kappa shape index (κ3) is 2.32. The molecule has 3 N–H and O–H groups in total. The number of nitrogens with zero attached hydrogens (tertiary/aromatic N) is 1. The zero-order valence-corrected chi connectivity index (χ0v) is 11.2. The Kier molecular flexibility index (Phi) is 3.03. The molecule has 0 aliphatic heterocycles. The van der Waals surface area contributed by atoms with Crippen molar-refractivity contribution >= 4 is 5.69 Å². The minimum atomic E-state index is 0.0587. The zero-order chi connectivity index (χ0) is 13.3. The topological polar surface area (TPSA) is 63.9 Å². The van der Waals surface area contributed by atoms with E-state index in [2.05, 4.69) is 30.7 Å². The van der Waals surface area contributed by atoms with Gasteiger partial charge >= 0.3 is 0 Å². The summed E-state index contributed by atoms with van der Waals surface area (Å²) in [4.78, 5) is 7.74. The van der Waals surface area contributed by atoms with Crippen LogP contribution in [0.5, 0.6) is 5.75 Å². The van der Waals surface area contributed by atoms with Crippen LogP contribution >= 0.6 is 0 Å². The summed E-state index contributed by atoms with van der Waals surface area (Å²) >= 11 is 0. The first-order valence-corrected chi connectivity index (χ1v) is 5.91. The van der Waals surface area contributed by atoms with E-state index in [1.807, 2.05) is 24.4 Å². The number of aromatic amines is 1. The largest absolute Gasteiger partial charge is 0.495 e. The first-order valence-electron chi connectivity index (χ1n) is 5.91. The summed E-state index contributed by atoms with van der Waals surface area (Å²) in [6.07, 6.45) is 1.87. The highest BCUT2D eigenvalue weighted by molar-refractivity contribution is 5.65. The van der Waals surface area contributed by atoms with Gasteiger partial charge in [0.2, 0.25) is 0 Å². The number of hydrogen-bond acceptors (Lipinski definition) is 3. The number of H-pyrrole nitrogens is 1. The molecule has 0 spiro atoms. The maximum atomic E-state index is 5.80. The number of hydrogen-bond donors (Lipinski definition) is 2. The fraction of sp³-hybridized carbons (Fsp3) is 0.357. The van der Waals surface area contributed by atoms with E-state index in [0.29, 0.717) is 11.4 Å². The second-order valence-electron chi connectivity index (χ2n) is 5.35. The van der Waals surface area contributed by atoms with Gasteiger partial charge in [-0.3, -0.25) is 0 Å². The third-order valence-electron chi connectivity index (χ3n) is 2.89. The van der Waals surface area contributed by atoms with Crippen molar-refractivity contribution < 1.29 is 4.74 Å². The predicted octanol–water partition coefficient (Wildman–Crippen LogP) is 2.96. The van der Waals surface area contributed by atoms with E-state index in [1.165, 1.54) is 0 Å². The molecule has 0 radical (unpaired) electrons. The van der Waals surface area contributed by atoms with E-state index >= 15 is 0 Å². The molecule has 0 aliphatic rings. The van der Waals surface area contributed by atoms with Crippen molar-refractivity contribution in [1.82, 2.24) is 9.97 Å². The van der Waals surface area contributed by atoms with Gasteiger partial charge in [-0.1, -0.05) is 20.8 Å². The lowest BCUT2D eigenvalue weighted by Crippen LogP contribution is -2.11. The molecule has 0 saturated carbocycles. The van der Waals surface area contributed by atoms with Crippen LogP contribution in [-0.2, 0) is 5.41 Å². The van der Waals surface area contributed by atoms with Gasteiger partial charge in [0, 0.05) is 22.9 Å². The molecule has 4 heteroatoms. The molecule has 18 heavy (non-hydrogen) atoms. The van der Waals surface area contributed by atoms with Gasteiger partial charge in [-0.25, -0.2) is 4.98 Å². The van der Waals surface area contributed by atoms with Crippen LogP contribution in [0, 0.1) is 0 Å². The average molecular weight is 245 g/mol. The molecule has 96 valence electrons. The monoisotopic (exact) mass is 245 g/mol. The van der Waals surface area contributed by atoms with Crippen LogP contribution in [0.15, 0.2) is 24.4 Å². The summed E-state index contributed by atoms with van der Waals surface area (Å²) in [5.74, 6) is 1.50. The van der Waals surface area contributed by atoms with E-state index in [4.69, 9.17) is 10.5 Å². The lowest BCUT2D eigenvalue weighted by molar-refractivity contribution is 0.417. The Morgan fingerprint density at radius 1 is 1.28 bits per heavy atom. The number of nitrogens with two attached hydrogens (primary N) is 1. The summed E-state index contributed by atoms with van der Waals surface area (Å²) in [7, 11) is 1.61. The minimum absolute atomic E-state index is 0.0587. The summed E-state index contributed by atoms with van der Waals surface area (Å²) in [5.41, 5.74) is 8.56.